The van der Waals surface area contributed by atoms with Crippen molar-refractivity contribution in [3.8, 4) is 33.4 Å². The second-order valence-electron chi connectivity index (χ2n) is 34.0. The first-order valence-electron chi connectivity index (χ1n) is 53.3. The zero-order valence-electron chi connectivity index (χ0n) is 90.5. The number of aromatic nitrogens is 7. The van der Waals surface area contributed by atoms with Gasteiger partial charge in [-0.25, -0.2) is 0 Å². The molecule has 0 radical (unpaired) electrons. The summed E-state index contributed by atoms with van der Waals surface area (Å²) < 4.78 is 188. The van der Waals surface area contributed by atoms with Crippen LogP contribution in [0.4, 0.5) is 0 Å². The molecule has 13 aromatic heterocycles. The van der Waals surface area contributed by atoms with E-state index in [1.165, 1.54) is 12.4 Å². The van der Waals surface area contributed by atoms with Crippen molar-refractivity contribution >= 4 is 253 Å². The van der Waals surface area contributed by atoms with Gasteiger partial charge in [0.05, 0.1) is 147 Å². The molecule has 17 nitrogen and oxygen atoms in total. The van der Waals surface area contributed by atoms with Crippen molar-refractivity contribution in [2.45, 2.75) is 0 Å². The first kappa shape index (κ1) is 60.6. The first-order valence-corrected chi connectivity index (χ1v) is 44.1. The smallest absolute Gasteiger partial charge is 0.198 e. The van der Waals surface area contributed by atoms with E-state index in [0.717, 1.165) is 94.7 Å². The van der Waals surface area contributed by atoms with Gasteiger partial charge in [0.15, 0.2) is 54.3 Å². The summed E-state index contributed by atoms with van der Waals surface area (Å²) in [6.07, 6.45) is 3.06. The summed E-state index contributed by atoms with van der Waals surface area (Å²) in [5.74, 6) is 0. The zero-order valence-corrected chi connectivity index (χ0v) is 72.2. The van der Waals surface area contributed by atoms with Crippen LogP contribution < -0.4 is 54.3 Å². The maximum Gasteiger partial charge on any atom is 0.198 e. The van der Waals surface area contributed by atoms with Crippen molar-refractivity contribution in [3.63, 3.8) is 0 Å². The average Bonchev–Trinajstić information content (AvgIpc) is 0.670. The standard InChI is InChI=1S/C40H20N2O4.C40H20N2O2S2.C39H19N3O4/c43-37-23-8-1-6-15-33(23)42-34-20-21(16-17-26(34)38(44)28-12-7-11-27(37)35(28)42)22-18-29-36-30(19-22)40(46)25-10-3-5-14-32(25)41(36)31-13-4-2-9-24(31)39(29)45;43-37-23-7-1-3-13-31(23)41-33-19-21(15-17-24(33)38(44)28-10-5-9-27(37)35(28)41)22-16-18-26-34(20-22)42-32-14-4-2-8-25(32)39(45)29-11-6-12-30(36(29)42)40(26)46;43-36-22-6-1-3-10-30(22)41-32-16-20(12-14-24(32)37(44)27-9-5-8-26(36)34(27)41)21-13-15-25-33(17-21)42-31-11-4-2-7-23(31)38(45)28-18-40-19-29(35(28)42)39(25)46/h2*1-20H;1-19H/i1D,2D,3D,4D,5D,6D,7D,8D,9D,10D,11D,12D,13D,14D,15D,16D,17D,18D,19D,20D;;. The van der Waals surface area contributed by atoms with E-state index >= 15 is 0 Å². The fraction of sp³-hybridized carbons (Fsp3) is 0. The molecule has 0 unspecified atom stereocenters. The first-order chi connectivity index (χ1) is 75.9. The quantitative estimate of drug-likeness (QED) is 0.0917. The fourth-order valence-electron chi connectivity index (χ4n) is 21.0. The number of hydrogen-bond acceptors (Lipinski definition) is 13. The van der Waals surface area contributed by atoms with Crippen molar-refractivity contribution in [1.82, 2.24) is 31.4 Å². The summed E-state index contributed by atoms with van der Waals surface area (Å²) in [6, 6.07) is 51.8. The Bertz CT molecular complexity index is 12000. The number of rotatable bonds is 3. The van der Waals surface area contributed by atoms with Gasteiger partial charge in [-0.3, -0.25) is 52.9 Å². The van der Waals surface area contributed by atoms with E-state index in [0.29, 0.717) is 97.7 Å². The molecule has 0 aliphatic heterocycles. The monoisotopic (exact) mass is 1830 g/mol. The van der Waals surface area contributed by atoms with Crippen molar-refractivity contribution in [2.24, 2.45) is 0 Å². The highest BCUT2D eigenvalue weighted by Crippen LogP contribution is 2.42. The highest BCUT2D eigenvalue weighted by atomic mass is 32.1. The van der Waals surface area contributed by atoms with Crippen LogP contribution in [0.3, 0.4) is 0 Å². The normalized spacial score (nSPS) is 14.3. The van der Waals surface area contributed by atoms with Crippen LogP contribution in [0.15, 0.2) is 406 Å². The van der Waals surface area contributed by atoms with E-state index in [2.05, 4.69) is 62.3 Å². The lowest BCUT2D eigenvalue weighted by Crippen LogP contribution is -2.14. The minimum absolute atomic E-state index is 0.0669. The third kappa shape index (κ3) is 10.5. The molecule has 0 N–H and O–H groups in total. The lowest BCUT2D eigenvalue weighted by Gasteiger charge is -2.17. The van der Waals surface area contributed by atoms with Gasteiger partial charge in [0.2, 0.25) is 0 Å². The molecule has 30 rings (SSSR count). The lowest BCUT2D eigenvalue weighted by molar-refractivity contribution is 1.28. The molecule has 0 aliphatic rings. The van der Waals surface area contributed by atoms with Crippen LogP contribution in [0.25, 0.3) is 262 Å². The summed E-state index contributed by atoms with van der Waals surface area (Å²) in [4.78, 5) is 145. The zero-order chi connectivity index (χ0) is 110. The number of hydrogen-bond donors (Lipinski definition) is 0. The van der Waals surface area contributed by atoms with Crippen molar-refractivity contribution in [2.75, 3.05) is 0 Å². The second-order valence-corrected chi connectivity index (χ2v) is 34.8. The number of para-hydroxylation sites is 11. The van der Waals surface area contributed by atoms with Crippen molar-refractivity contribution in [1.29, 1.82) is 0 Å². The van der Waals surface area contributed by atoms with Crippen molar-refractivity contribution in [3.05, 3.63) is 469 Å². The van der Waals surface area contributed by atoms with Crippen LogP contribution in [0.2, 0.25) is 0 Å². The van der Waals surface area contributed by atoms with Crippen LogP contribution >= 0.6 is 24.4 Å². The Morgan fingerprint density at radius 2 is 0.442 bits per heavy atom. The van der Waals surface area contributed by atoms with E-state index in [4.69, 9.17) is 45.0 Å². The van der Waals surface area contributed by atoms with Crippen LogP contribution in [0, 0.1) is 9.02 Å². The topological polar surface area (TPSA) is 210 Å². The highest BCUT2D eigenvalue weighted by Gasteiger charge is 2.27. The minimum Gasteiger partial charge on any atom is -0.308 e. The lowest BCUT2D eigenvalue weighted by atomic mass is 9.96. The third-order valence-electron chi connectivity index (χ3n) is 27.1. The number of nitrogens with zero attached hydrogens (tertiary/aromatic N) is 7. The Morgan fingerprint density at radius 1 is 0.181 bits per heavy atom. The van der Waals surface area contributed by atoms with Gasteiger partial charge in [-0.15, -0.1) is 0 Å². The predicted molar refractivity (Wildman–Crippen MR) is 566 cm³/mol. The molecule has 13 heterocycles. The maximum atomic E-state index is 14.8. The van der Waals surface area contributed by atoms with E-state index in [1.54, 1.807) is 30.3 Å². The number of benzene rings is 17. The molecule has 0 spiro atoms. The fourth-order valence-corrected chi connectivity index (χ4v) is 21.7. The summed E-state index contributed by atoms with van der Waals surface area (Å²) in [6.45, 7) is 0. The molecule has 0 saturated carbocycles. The minimum atomic E-state index is -1.36. The molecule has 0 aliphatic carbocycles. The Labute approximate surface area is 809 Å². The van der Waals surface area contributed by atoms with E-state index in [1.807, 2.05) is 154 Å². The Kier molecular flexibility index (Phi) is 12.5. The molecule has 0 amide bonds. The third-order valence-corrected chi connectivity index (χ3v) is 27.9. The molecule has 0 saturated heterocycles. The molecular formula is C119H59N7O10S2. The summed E-state index contributed by atoms with van der Waals surface area (Å²) in [5.41, 5.74) is 0.441. The maximum absolute atomic E-state index is 14.8. The van der Waals surface area contributed by atoms with Gasteiger partial charge < -0.3 is 26.4 Å². The molecule has 0 fully saturated rings. The predicted octanol–water partition coefficient (Wildman–Crippen LogP) is 23.4. The number of fused-ring (bicyclic) bond motifs is 24. The SMILES string of the molecule is O=c1c2ccccc2n2c3cc(-c4ccc5c(=O)c6cncc7c(=O)c8ccccc8n(c5c4)c76)ccc3c(=O)c3cccc1c32.O=c1c2ccccc2n2c3cc(-c4ccc5c(=S)c6cccc7c(=S)c8ccccc8n(c5c4)c76)ccc3c(=O)c3cccc1c32.[2H]c1c([2H])c([2H])c2c(c1[2H])c(=O)c1c([2H])c(-c3c([2H])c([2H])c4c(=O)c5c([2H])c([2H])c([2H])c6c(=O)c7c([2H])c([2H])c([2H])c([2H])c7n(c4c3[2H])c65)c([2H])c3c(=O)c4c([2H])c([2H])c([2H])c([2H])c4n2c13. The molecule has 17 aromatic carbocycles. The summed E-state index contributed by atoms with van der Waals surface area (Å²) >= 11 is 12.1. The van der Waals surface area contributed by atoms with E-state index in [9.17, 15) is 54.8 Å². The summed E-state index contributed by atoms with van der Waals surface area (Å²) in [5, 5.41) is 3.48. The van der Waals surface area contributed by atoms with Crippen LogP contribution in [-0.2, 0) is 0 Å². The van der Waals surface area contributed by atoms with Crippen LogP contribution in [0.1, 0.15) is 27.4 Å². The van der Waals surface area contributed by atoms with E-state index in [-0.39, 0.29) is 32.6 Å². The van der Waals surface area contributed by atoms with Gasteiger partial charge in [-0.1, -0.05) is 188 Å². The molecule has 138 heavy (non-hydrogen) atoms. The van der Waals surface area contributed by atoms with Gasteiger partial charge in [0.25, 0.3) is 0 Å². The molecule has 0 bridgehead atoms. The van der Waals surface area contributed by atoms with Gasteiger partial charge >= 0.3 is 0 Å². The highest BCUT2D eigenvalue weighted by molar-refractivity contribution is 7.72. The number of pyridine rings is 13. The van der Waals surface area contributed by atoms with Crippen molar-refractivity contribution < 1.29 is 27.4 Å². The van der Waals surface area contributed by atoms with Gasteiger partial charge in [0.1, 0.15) is 0 Å². The van der Waals surface area contributed by atoms with Gasteiger partial charge in [-0.05, 0) is 215 Å². The summed E-state index contributed by atoms with van der Waals surface area (Å²) in [7, 11) is 0. The van der Waals surface area contributed by atoms with Crippen LogP contribution in [-0.4, -0.2) is 31.4 Å². The average molecular weight is 1830 g/mol. The molecular weight excluding hydrogens is 1750 g/mol. The van der Waals surface area contributed by atoms with Gasteiger partial charge in [0, 0.05) is 131 Å². The second kappa shape index (κ2) is 28.6. The Hall–Kier alpha value is -18.4. The van der Waals surface area contributed by atoms with Gasteiger partial charge in [-0.2, -0.15) is 0 Å². The Morgan fingerprint density at radius 3 is 0.855 bits per heavy atom. The van der Waals surface area contributed by atoms with Crippen LogP contribution in [0.5, 0.6) is 0 Å². The molecule has 19 heteroatoms. The molecule has 30 aromatic rings. The molecule has 0 atom stereocenters. The largest absolute Gasteiger partial charge is 0.308 e. The van der Waals surface area contributed by atoms with E-state index < -0.39 is 230 Å². The molecule has 642 valence electrons. The Balaban J connectivity index is 0.000000115.